The highest BCUT2D eigenvalue weighted by Crippen LogP contribution is 2.18. The Labute approximate surface area is 132 Å². The first-order valence-electron chi connectivity index (χ1n) is 6.61. The van der Waals surface area contributed by atoms with Crippen molar-refractivity contribution < 1.29 is 23.1 Å². The van der Waals surface area contributed by atoms with Crippen LogP contribution in [0, 0.1) is 17.6 Å². The van der Waals surface area contributed by atoms with Gasteiger partial charge in [0.1, 0.15) is 12.4 Å². The van der Waals surface area contributed by atoms with Crippen molar-refractivity contribution in [1.29, 1.82) is 0 Å². The third-order valence-corrected chi connectivity index (χ3v) is 3.38. The van der Waals surface area contributed by atoms with Crippen LogP contribution in [0.4, 0.5) is 8.78 Å². The van der Waals surface area contributed by atoms with Crippen LogP contribution in [0.3, 0.4) is 0 Å². The summed E-state index contributed by atoms with van der Waals surface area (Å²) in [4.78, 5) is 23.2. The average molecular weight is 335 g/mol. The van der Waals surface area contributed by atoms with Crippen LogP contribution in [0.5, 0.6) is 5.75 Å². The molecular formula is C14H17ClF2N2O3. The minimum absolute atomic E-state index is 0. The number of rotatable bonds is 6. The standard InChI is InChI=1S/C14H16F2N2O3.ClH/c15-9-1-2-13(10(16)6-9)21-7-12(19)11(17)5-8-3-4-18-14(8)20;/h1-2,6,8,11H,3-5,7,17H2,(H,18,20);1H/t8-,11-;/m0./s1. The molecule has 1 aromatic rings. The van der Waals surface area contributed by atoms with E-state index in [0.29, 0.717) is 19.0 Å². The summed E-state index contributed by atoms with van der Waals surface area (Å²) < 4.78 is 31.0. The number of Topliss-reactive ketones (excluding diaryl/α,β-unsaturated/α-hetero) is 1. The number of nitrogens with two attached hydrogens (primary N) is 1. The van der Waals surface area contributed by atoms with E-state index in [9.17, 15) is 18.4 Å². The van der Waals surface area contributed by atoms with Gasteiger partial charge in [-0.1, -0.05) is 0 Å². The van der Waals surface area contributed by atoms with Crippen molar-refractivity contribution in [3.63, 3.8) is 0 Å². The largest absolute Gasteiger partial charge is 0.483 e. The summed E-state index contributed by atoms with van der Waals surface area (Å²) in [7, 11) is 0. The molecule has 0 radical (unpaired) electrons. The molecule has 1 amide bonds. The van der Waals surface area contributed by atoms with Gasteiger partial charge < -0.3 is 15.8 Å². The van der Waals surface area contributed by atoms with Crippen LogP contribution in [-0.2, 0) is 9.59 Å². The Morgan fingerprint density at radius 2 is 2.18 bits per heavy atom. The summed E-state index contributed by atoms with van der Waals surface area (Å²) in [5.41, 5.74) is 5.72. The summed E-state index contributed by atoms with van der Waals surface area (Å²) in [6.45, 7) is 0.166. The zero-order valence-electron chi connectivity index (χ0n) is 11.7. The number of hydrogen-bond donors (Lipinski definition) is 2. The fourth-order valence-electron chi connectivity index (χ4n) is 2.16. The third kappa shape index (κ3) is 4.64. The molecule has 0 unspecified atom stereocenters. The van der Waals surface area contributed by atoms with Crippen molar-refractivity contribution in [2.24, 2.45) is 11.7 Å². The Bertz CT molecular complexity index is 557. The van der Waals surface area contributed by atoms with Gasteiger partial charge in [0.05, 0.1) is 6.04 Å². The van der Waals surface area contributed by atoms with Gasteiger partial charge in [-0.25, -0.2) is 8.78 Å². The lowest BCUT2D eigenvalue weighted by Gasteiger charge is -2.14. The zero-order valence-corrected chi connectivity index (χ0v) is 12.5. The normalized spacial score (nSPS) is 18.3. The number of halogens is 3. The number of ether oxygens (including phenoxy) is 1. The number of amides is 1. The van der Waals surface area contributed by atoms with E-state index in [0.717, 1.165) is 12.1 Å². The van der Waals surface area contributed by atoms with Gasteiger partial charge in [-0.2, -0.15) is 0 Å². The second-order valence-electron chi connectivity index (χ2n) is 4.95. The summed E-state index contributed by atoms with van der Waals surface area (Å²) in [5, 5.41) is 2.66. The van der Waals surface area contributed by atoms with Gasteiger partial charge in [0.25, 0.3) is 0 Å². The highest BCUT2D eigenvalue weighted by atomic mass is 35.5. The SMILES string of the molecule is Cl.N[C@@H](C[C@@H]1CCNC1=O)C(=O)COc1ccc(F)cc1F. The van der Waals surface area contributed by atoms with Crippen molar-refractivity contribution in [3.8, 4) is 5.75 Å². The molecule has 2 atom stereocenters. The van der Waals surface area contributed by atoms with Crippen LogP contribution in [-0.4, -0.2) is 30.9 Å². The Balaban J connectivity index is 0.00000242. The Hall–Kier alpha value is -1.73. The fourth-order valence-corrected chi connectivity index (χ4v) is 2.16. The van der Waals surface area contributed by atoms with E-state index in [1.54, 1.807) is 0 Å². The third-order valence-electron chi connectivity index (χ3n) is 3.38. The zero-order chi connectivity index (χ0) is 15.4. The molecule has 1 aliphatic heterocycles. The second kappa shape index (κ2) is 8.05. The molecule has 0 aliphatic carbocycles. The fraction of sp³-hybridized carbons (Fsp3) is 0.429. The summed E-state index contributed by atoms with van der Waals surface area (Å²) >= 11 is 0. The lowest BCUT2D eigenvalue weighted by molar-refractivity contribution is -0.124. The second-order valence-corrected chi connectivity index (χ2v) is 4.95. The molecule has 1 heterocycles. The van der Waals surface area contributed by atoms with Gasteiger partial charge in [0, 0.05) is 18.5 Å². The smallest absolute Gasteiger partial charge is 0.223 e. The van der Waals surface area contributed by atoms with Crippen LogP contribution >= 0.6 is 12.4 Å². The van der Waals surface area contributed by atoms with Crippen molar-refractivity contribution in [2.75, 3.05) is 13.2 Å². The summed E-state index contributed by atoms with van der Waals surface area (Å²) in [6, 6.07) is 1.96. The molecule has 1 aliphatic rings. The maximum absolute atomic E-state index is 13.3. The lowest BCUT2D eigenvalue weighted by atomic mass is 9.97. The first kappa shape index (κ1) is 18.3. The number of nitrogens with one attached hydrogen (secondary N) is 1. The van der Waals surface area contributed by atoms with Crippen LogP contribution in [0.1, 0.15) is 12.8 Å². The number of ketones is 1. The number of carbonyl (C=O) groups is 2. The predicted octanol–water partition coefficient (Wildman–Crippen LogP) is 1.19. The van der Waals surface area contributed by atoms with Crippen molar-refractivity contribution >= 4 is 24.1 Å². The Morgan fingerprint density at radius 1 is 1.45 bits per heavy atom. The van der Waals surface area contributed by atoms with Crippen molar-refractivity contribution in [2.45, 2.75) is 18.9 Å². The van der Waals surface area contributed by atoms with Gasteiger partial charge in [-0.3, -0.25) is 9.59 Å². The number of hydrogen-bond acceptors (Lipinski definition) is 4. The molecule has 0 aromatic heterocycles. The molecular weight excluding hydrogens is 318 g/mol. The van der Waals surface area contributed by atoms with Crippen molar-refractivity contribution in [3.05, 3.63) is 29.8 Å². The average Bonchev–Trinajstić information content (AvgIpc) is 2.83. The van der Waals surface area contributed by atoms with E-state index in [-0.39, 0.29) is 36.4 Å². The molecule has 8 heteroatoms. The molecule has 1 fully saturated rings. The van der Waals surface area contributed by atoms with Gasteiger partial charge in [0.15, 0.2) is 17.3 Å². The number of benzene rings is 1. The van der Waals surface area contributed by atoms with Gasteiger partial charge in [0.2, 0.25) is 5.91 Å². The van der Waals surface area contributed by atoms with E-state index in [2.05, 4.69) is 5.32 Å². The molecule has 5 nitrogen and oxygen atoms in total. The first-order chi connectivity index (χ1) is 9.97. The predicted molar refractivity (Wildman–Crippen MR) is 77.8 cm³/mol. The quantitative estimate of drug-likeness (QED) is 0.818. The van der Waals surface area contributed by atoms with E-state index in [1.165, 1.54) is 0 Å². The highest BCUT2D eigenvalue weighted by Gasteiger charge is 2.28. The lowest BCUT2D eigenvalue weighted by Crippen LogP contribution is -2.37. The van der Waals surface area contributed by atoms with Crippen LogP contribution in [0.25, 0.3) is 0 Å². The van der Waals surface area contributed by atoms with Crippen LogP contribution in [0.15, 0.2) is 18.2 Å². The van der Waals surface area contributed by atoms with Gasteiger partial charge in [-0.05, 0) is 25.0 Å². The summed E-state index contributed by atoms with van der Waals surface area (Å²) in [5.74, 6) is -2.63. The van der Waals surface area contributed by atoms with Crippen molar-refractivity contribution in [1.82, 2.24) is 5.32 Å². The first-order valence-corrected chi connectivity index (χ1v) is 6.61. The van der Waals surface area contributed by atoms with Crippen LogP contribution in [0.2, 0.25) is 0 Å². The molecule has 3 N–H and O–H groups in total. The van der Waals surface area contributed by atoms with E-state index >= 15 is 0 Å². The van der Waals surface area contributed by atoms with E-state index in [1.807, 2.05) is 0 Å². The molecule has 122 valence electrons. The molecule has 2 rings (SSSR count). The van der Waals surface area contributed by atoms with Gasteiger partial charge in [-0.15, -0.1) is 12.4 Å². The molecule has 1 aromatic carbocycles. The van der Waals surface area contributed by atoms with Gasteiger partial charge >= 0.3 is 0 Å². The maximum Gasteiger partial charge on any atom is 0.223 e. The molecule has 0 saturated carbocycles. The minimum Gasteiger partial charge on any atom is -0.483 e. The molecule has 0 bridgehead atoms. The highest BCUT2D eigenvalue weighted by molar-refractivity contribution is 5.87. The van der Waals surface area contributed by atoms with E-state index in [4.69, 9.17) is 10.5 Å². The number of carbonyl (C=O) groups excluding carboxylic acids is 2. The molecule has 0 spiro atoms. The molecule has 1 saturated heterocycles. The topological polar surface area (TPSA) is 81.4 Å². The Kier molecular flexibility index (Phi) is 6.70. The van der Waals surface area contributed by atoms with E-state index < -0.39 is 30.1 Å². The maximum atomic E-state index is 13.3. The monoisotopic (exact) mass is 334 g/mol. The Morgan fingerprint density at radius 3 is 2.77 bits per heavy atom. The van der Waals surface area contributed by atoms with Crippen LogP contribution < -0.4 is 15.8 Å². The molecule has 22 heavy (non-hydrogen) atoms. The summed E-state index contributed by atoms with van der Waals surface area (Å²) in [6.07, 6.45) is 0.882. The minimum atomic E-state index is -0.883.